The average molecular weight is 422 g/mol. The lowest BCUT2D eigenvalue weighted by atomic mass is 10.0. The number of alkyl carbamates (subject to hydrolysis) is 1. The van der Waals surface area contributed by atoms with Crippen LogP contribution >= 0.6 is 0 Å². The molecule has 4 N–H and O–H groups in total. The molecule has 0 fully saturated rings. The van der Waals surface area contributed by atoms with Gasteiger partial charge in [-0.3, -0.25) is 0 Å². The maximum atomic E-state index is 14.2. The van der Waals surface area contributed by atoms with Crippen molar-refractivity contribution in [3.63, 3.8) is 0 Å². The third kappa shape index (κ3) is 4.92. The smallest absolute Gasteiger partial charge is 0.407 e. The van der Waals surface area contributed by atoms with Crippen molar-refractivity contribution in [1.29, 1.82) is 0 Å². The van der Waals surface area contributed by atoms with Crippen LogP contribution in [0.15, 0.2) is 36.4 Å². The van der Waals surface area contributed by atoms with E-state index in [-0.39, 0.29) is 25.1 Å². The van der Waals surface area contributed by atoms with E-state index in [0.717, 1.165) is 6.07 Å². The van der Waals surface area contributed by atoms with E-state index in [1.807, 2.05) is 0 Å². The third-order valence-corrected chi connectivity index (χ3v) is 4.60. The molecule has 0 spiro atoms. The Bertz CT molecular complexity index is 1050. The lowest BCUT2D eigenvalue weighted by Gasteiger charge is -2.20. The van der Waals surface area contributed by atoms with Gasteiger partial charge in [0.1, 0.15) is 23.1 Å². The molecule has 3 rings (SSSR count). The van der Waals surface area contributed by atoms with Crippen LogP contribution in [0.3, 0.4) is 0 Å². The molecule has 0 aliphatic carbocycles. The number of aromatic nitrogens is 1. The Labute approximate surface area is 170 Å². The largest absolute Gasteiger partial charge is 0.449 e. The van der Waals surface area contributed by atoms with Crippen molar-refractivity contribution in [1.82, 2.24) is 10.3 Å². The zero-order valence-electron chi connectivity index (χ0n) is 16.1. The molecule has 0 bridgehead atoms. The van der Waals surface area contributed by atoms with Crippen LogP contribution in [0.25, 0.3) is 22.2 Å². The summed E-state index contributed by atoms with van der Waals surface area (Å²) in [6.07, 6.45) is -0.691. The Kier molecular flexibility index (Phi) is 6.33. The number of H-pyrrole nitrogens is 1. The monoisotopic (exact) mass is 422 g/mol. The van der Waals surface area contributed by atoms with Crippen LogP contribution in [-0.4, -0.2) is 46.6 Å². The van der Waals surface area contributed by atoms with E-state index < -0.39 is 35.8 Å². The molecule has 2 aromatic carbocycles. The normalized spacial score (nSPS) is 13.3. The minimum absolute atomic E-state index is 0.0918. The molecule has 1 atom stereocenters. The summed E-state index contributed by atoms with van der Waals surface area (Å²) in [4.78, 5) is 14.7. The zero-order chi connectivity index (χ0) is 21.9. The summed E-state index contributed by atoms with van der Waals surface area (Å²) in [5, 5.41) is 21.3. The van der Waals surface area contributed by atoms with Gasteiger partial charge in [0.25, 0.3) is 0 Å². The number of carbonyl (C=O) groups is 1. The van der Waals surface area contributed by atoms with Crippen LogP contribution in [0, 0.1) is 17.5 Å². The number of rotatable bonds is 7. The Morgan fingerprint density at radius 1 is 1.17 bits per heavy atom. The van der Waals surface area contributed by atoms with Gasteiger partial charge in [-0.1, -0.05) is 0 Å². The Morgan fingerprint density at radius 2 is 1.87 bits per heavy atom. The number of ether oxygens (including phenoxy) is 1. The fraction of sp³-hybridized carbons (Fsp3) is 0.286. The summed E-state index contributed by atoms with van der Waals surface area (Å²) >= 11 is 0. The molecule has 1 amide bonds. The van der Waals surface area contributed by atoms with E-state index in [2.05, 4.69) is 10.3 Å². The van der Waals surface area contributed by atoms with Gasteiger partial charge in [0, 0.05) is 23.6 Å². The quantitative estimate of drug-likeness (QED) is 0.470. The number of halogens is 3. The number of nitrogens with one attached hydrogen (secondary N) is 2. The summed E-state index contributed by atoms with van der Waals surface area (Å²) < 4.78 is 46.4. The first-order valence-corrected chi connectivity index (χ1v) is 9.19. The number of carbonyl (C=O) groups excluding carboxylic acids is 1. The number of aliphatic hydroxyl groups is 2. The van der Waals surface area contributed by atoms with Gasteiger partial charge >= 0.3 is 6.09 Å². The van der Waals surface area contributed by atoms with Crippen LogP contribution < -0.4 is 5.32 Å². The first-order valence-electron chi connectivity index (χ1n) is 9.19. The van der Waals surface area contributed by atoms with Gasteiger partial charge in [-0.2, -0.15) is 0 Å². The van der Waals surface area contributed by atoms with E-state index in [9.17, 15) is 23.1 Å². The van der Waals surface area contributed by atoms with Crippen molar-refractivity contribution in [2.45, 2.75) is 18.9 Å². The van der Waals surface area contributed by atoms with Crippen LogP contribution in [0.2, 0.25) is 0 Å². The van der Waals surface area contributed by atoms with Crippen molar-refractivity contribution in [3.05, 3.63) is 59.4 Å². The van der Waals surface area contributed by atoms with Crippen molar-refractivity contribution in [2.24, 2.45) is 0 Å². The Morgan fingerprint density at radius 3 is 2.53 bits per heavy atom. The molecule has 0 saturated carbocycles. The predicted molar refractivity (Wildman–Crippen MR) is 104 cm³/mol. The fourth-order valence-corrected chi connectivity index (χ4v) is 3.01. The summed E-state index contributed by atoms with van der Waals surface area (Å²) in [5.74, 6) is -1.97. The summed E-state index contributed by atoms with van der Waals surface area (Å²) in [6, 6.07) is 7.44. The number of aliphatic hydroxyl groups excluding tert-OH is 1. The average Bonchev–Trinajstić information content (AvgIpc) is 3.06. The van der Waals surface area contributed by atoms with Crippen molar-refractivity contribution in [2.75, 3.05) is 19.8 Å². The summed E-state index contributed by atoms with van der Waals surface area (Å²) in [6.45, 7) is 0.469. The predicted octanol–water partition coefficient (Wildman–Crippen LogP) is 3.26. The molecular weight excluding hydrogens is 401 g/mol. The third-order valence-electron chi connectivity index (χ3n) is 4.60. The van der Waals surface area contributed by atoms with Crippen LogP contribution in [-0.2, 0) is 11.2 Å². The molecule has 30 heavy (non-hydrogen) atoms. The molecule has 0 radical (unpaired) electrons. The van der Waals surface area contributed by atoms with Gasteiger partial charge in [0.2, 0.25) is 0 Å². The van der Waals surface area contributed by atoms with Gasteiger partial charge in [-0.25, -0.2) is 18.0 Å². The second-order valence-electron chi connectivity index (χ2n) is 7.19. The molecule has 0 aliphatic heterocycles. The maximum absolute atomic E-state index is 14.2. The molecule has 9 heteroatoms. The van der Waals surface area contributed by atoms with E-state index >= 15 is 0 Å². The minimum Gasteiger partial charge on any atom is -0.449 e. The molecular formula is C21H21F3N2O4. The SMILES string of the molecule is CC(O)(CO)CNC(=O)OCCc1c(-c2ccc(F)cc2)[nH]c2c(F)cc(F)cc12. The highest BCUT2D eigenvalue weighted by atomic mass is 19.1. The molecule has 1 unspecified atom stereocenters. The molecule has 0 aliphatic rings. The Hall–Kier alpha value is -3.04. The Balaban J connectivity index is 1.82. The van der Waals surface area contributed by atoms with E-state index in [0.29, 0.717) is 22.2 Å². The molecule has 160 valence electrons. The van der Waals surface area contributed by atoms with Gasteiger partial charge in [-0.05, 0) is 48.4 Å². The number of fused-ring (bicyclic) bond motifs is 1. The highest BCUT2D eigenvalue weighted by Gasteiger charge is 2.21. The summed E-state index contributed by atoms with van der Waals surface area (Å²) in [5.41, 5.74) is 0.132. The highest BCUT2D eigenvalue weighted by Crippen LogP contribution is 2.33. The van der Waals surface area contributed by atoms with Crippen molar-refractivity contribution < 1.29 is 32.9 Å². The summed E-state index contributed by atoms with van der Waals surface area (Å²) in [7, 11) is 0. The van der Waals surface area contributed by atoms with E-state index in [1.165, 1.54) is 37.3 Å². The number of hydrogen-bond acceptors (Lipinski definition) is 4. The lowest BCUT2D eigenvalue weighted by molar-refractivity contribution is 0.00245. The van der Waals surface area contributed by atoms with Gasteiger partial charge < -0.3 is 25.3 Å². The van der Waals surface area contributed by atoms with Crippen LogP contribution in [0.4, 0.5) is 18.0 Å². The first kappa shape index (κ1) is 21.7. The number of aromatic amines is 1. The standard InChI is InChI=1S/C21H21F3N2O4/c1-21(29,11-27)10-25-20(28)30-7-6-15-16-8-14(23)9-17(24)19(16)26-18(15)12-2-4-13(22)5-3-12/h2-5,8-9,26-27,29H,6-7,10-11H2,1H3,(H,25,28). The van der Waals surface area contributed by atoms with Crippen LogP contribution in [0.1, 0.15) is 12.5 Å². The molecule has 3 aromatic rings. The highest BCUT2D eigenvalue weighted by molar-refractivity contribution is 5.91. The van der Waals surface area contributed by atoms with Gasteiger partial charge in [-0.15, -0.1) is 0 Å². The lowest BCUT2D eigenvalue weighted by Crippen LogP contribution is -2.43. The van der Waals surface area contributed by atoms with Crippen LogP contribution in [0.5, 0.6) is 0 Å². The zero-order valence-corrected chi connectivity index (χ0v) is 16.1. The number of amides is 1. The number of hydrogen-bond donors (Lipinski definition) is 4. The first-order chi connectivity index (χ1) is 14.2. The molecule has 6 nitrogen and oxygen atoms in total. The van der Waals surface area contributed by atoms with E-state index in [4.69, 9.17) is 9.84 Å². The minimum atomic E-state index is -1.49. The second-order valence-corrected chi connectivity index (χ2v) is 7.19. The molecule has 1 aromatic heterocycles. The number of benzene rings is 2. The van der Waals surface area contributed by atoms with Gasteiger partial charge in [0.05, 0.1) is 25.3 Å². The molecule has 0 saturated heterocycles. The topological polar surface area (TPSA) is 94.6 Å². The second kappa shape index (κ2) is 8.76. The maximum Gasteiger partial charge on any atom is 0.407 e. The van der Waals surface area contributed by atoms with Crippen molar-refractivity contribution >= 4 is 17.0 Å². The molecule has 1 heterocycles. The van der Waals surface area contributed by atoms with Crippen molar-refractivity contribution in [3.8, 4) is 11.3 Å². The van der Waals surface area contributed by atoms with Gasteiger partial charge in [0.15, 0.2) is 0 Å². The van der Waals surface area contributed by atoms with E-state index in [1.54, 1.807) is 0 Å². The fourth-order valence-electron chi connectivity index (χ4n) is 3.01.